The zero-order valence-electron chi connectivity index (χ0n) is 15.1. The highest BCUT2D eigenvalue weighted by atomic mass is 32.2. The van der Waals surface area contributed by atoms with Gasteiger partial charge in [0.25, 0.3) is 5.56 Å². The number of benzene rings is 2. The van der Waals surface area contributed by atoms with Gasteiger partial charge in [0.15, 0.2) is 0 Å². The van der Waals surface area contributed by atoms with E-state index in [1.54, 1.807) is 0 Å². The van der Waals surface area contributed by atoms with Crippen molar-refractivity contribution in [2.24, 2.45) is 0 Å². The highest BCUT2D eigenvalue weighted by Crippen LogP contribution is 2.36. The number of hydrogen-bond donors (Lipinski definition) is 2. The van der Waals surface area contributed by atoms with Gasteiger partial charge in [-0.2, -0.15) is 4.31 Å². The molecule has 1 aliphatic rings. The Morgan fingerprint density at radius 3 is 2.55 bits per heavy atom. The van der Waals surface area contributed by atoms with E-state index >= 15 is 0 Å². The number of fused-ring (bicyclic) bond motifs is 1. The Morgan fingerprint density at radius 2 is 1.79 bits per heavy atom. The van der Waals surface area contributed by atoms with Crippen LogP contribution in [0.4, 0.5) is 8.78 Å². The summed E-state index contributed by atoms with van der Waals surface area (Å²) in [5, 5.41) is 0.0206. The molecule has 10 heteroatoms. The quantitative estimate of drug-likeness (QED) is 0.678. The van der Waals surface area contributed by atoms with Crippen LogP contribution in [0.3, 0.4) is 0 Å². The van der Waals surface area contributed by atoms with Gasteiger partial charge in [-0.25, -0.2) is 22.0 Å². The number of piperidine rings is 1. The molecule has 0 saturated carbocycles. The normalized spacial score (nSPS) is 18.2. The number of hydrogen-bond acceptors (Lipinski definition) is 4. The summed E-state index contributed by atoms with van der Waals surface area (Å²) in [7, 11) is -4.08. The van der Waals surface area contributed by atoms with Crippen molar-refractivity contribution >= 4 is 20.9 Å². The van der Waals surface area contributed by atoms with Crippen LogP contribution in [0.15, 0.2) is 50.9 Å². The van der Waals surface area contributed by atoms with Crippen LogP contribution < -0.4 is 11.2 Å². The maximum Gasteiger partial charge on any atom is 0.326 e. The standard InChI is InChI=1S/C19H17F2N3O4S/c20-11-4-6-13(15(21)9-11)17-3-1-2-8-24(17)29(27,28)12-5-7-16-14(10-12)18(25)23-19(26)22-16/h4-7,9-10,17H,1-3,8H2,(H2,22,23,25,26). The first-order chi connectivity index (χ1) is 13.8. The molecule has 0 spiro atoms. The molecule has 0 aliphatic carbocycles. The molecule has 1 saturated heterocycles. The first-order valence-electron chi connectivity index (χ1n) is 9.00. The Kier molecular flexibility index (Phi) is 4.83. The van der Waals surface area contributed by atoms with Gasteiger partial charge in [0.2, 0.25) is 10.0 Å². The summed E-state index contributed by atoms with van der Waals surface area (Å²) in [4.78, 5) is 27.8. The Hall–Kier alpha value is -2.85. The number of nitrogens with one attached hydrogen (secondary N) is 2. The third-order valence-electron chi connectivity index (χ3n) is 5.09. The van der Waals surface area contributed by atoms with Crippen molar-refractivity contribution < 1.29 is 17.2 Å². The summed E-state index contributed by atoms with van der Waals surface area (Å²) >= 11 is 0. The minimum Gasteiger partial charge on any atom is -0.307 e. The molecule has 7 nitrogen and oxygen atoms in total. The monoisotopic (exact) mass is 421 g/mol. The van der Waals surface area contributed by atoms with Crippen LogP contribution >= 0.6 is 0 Å². The first kappa shape index (κ1) is 19.5. The minimum atomic E-state index is -4.08. The van der Waals surface area contributed by atoms with Crippen LogP contribution in [-0.4, -0.2) is 29.2 Å². The molecule has 1 fully saturated rings. The summed E-state index contributed by atoms with van der Waals surface area (Å²) in [5.41, 5.74) is -1.09. The smallest absolute Gasteiger partial charge is 0.307 e. The Morgan fingerprint density at radius 1 is 1.00 bits per heavy atom. The molecular weight excluding hydrogens is 404 g/mol. The molecule has 0 bridgehead atoms. The predicted octanol–water partition coefficient (Wildman–Crippen LogP) is 2.41. The Labute approximate surface area is 164 Å². The lowest BCUT2D eigenvalue weighted by Gasteiger charge is -2.35. The van der Waals surface area contributed by atoms with Crippen LogP contribution in [0.5, 0.6) is 0 Å². The lowest BCUT2D eigenvalue weighted by Crippen LogP contribution is -2.39. The van der Waals surface area contributed by atoms with Crippen molar-refractivity contribution in [3.63, 3.8) is 0 Å². The highest BCUT2D eigenvalue weighted by molar-refractivity contribution is 7.89. The molecule has 2 N–H and O–H groups in total. The largest absolute Gasteiger partial charge is 0.326 e. The van der Waals surface area contributed by atoms with Crippen LogP contribution in [0.25, 0.3) is 10.9 Å². The van der Waals surface area contributed by atoms with Crippen molar-refractivity contribution in [2.75, 3.05) is 6.54 Å². The number of sulfonamides is 1. The van der Waals surface area contributed by atoms with E-state index in [4.69, 9.17) is 0 Å². The van der Waals surface area contributed by atoms with Crippen LogP contribution in [-0.2, 0) is 10.0 Å². The lowest BCUT2D eigenvalue weighted by atomic mass is 9.97. The van der Waals surface area contributed by atoms with E-state index in [1.807, 2.05) is 0 Å². The molecule has 1 aromatic heterocycles. The Balaban J connectivity index is 1.81. The summed E-state index contributed by atoms with van der Waals surface area (Å²) < 4.78 is 55.5. The van der Waals surface area contributed by atoms with Gasteiger partial charge in [0.05, 0.1) is 21.8 Å². The fraction of sp³-hybridized carbons (Fsp3) is 0.263. The number of rotatable bonds is 3. The number of aromatic nitrogens is 2. The SMILES string of the molecule is O=c1[nH]c(=O)c2cc(S(=O)(=O)N3CCCCC3c3ccc(F)cc3F)ccc2[nH]1. The second kappa shape index (κ2) is 7.20. The van der Waals surface area contributed by atoms with E-state index in [0.717, 1.165) is 12.1 Å². The first-order valence-corrected chi connectivity index (χ1v) is 10.4. The van der Waals surface area contributed by atoms with Gasteiger partial charge in [-0.1, -0.05) is 12.5 Å². The van der Waals surface area contributed by atoms with Crippen LogP contribution in [0.1, 0.15) is 30.9 Å². The van der Waals surface area contributed by atoms with Gasteiger partial charge < -0.3 is 4.98 Å². The summed E-state index contributed by atoms with van der Waals surface area (Å²) in [6.07, 6.45) is 1.69. The highest BCUT2D eigenvalue weighted by Gasteiger charge is 2.36. The summed E-state index contributed by atoms with van der Waals surface area (Å²) in [6.45, 7) is 0.170. The maximum atomic E-state index is 14.4. The average molecular weight is 421 g/mol. The molecule has 1 unspecified atom stereocenters. The van der Waals surface area contributed by atoms with Crippen molar-refractivity contribution in [1.82, 2.24) is 14.3 Å². The van der Waals surface area contributed by atoms with E-state index < -0.39 is 38.9 Å². The number of halogens is 2. The number of H-pyrrole nitrogens is 2. The topological polar surface area (TPSA) is 103 Å². The van der Waals surface area contributed by atoms with Gasteiger partial charge in [-0.05, 0) is 37.1 Å². The maximum absolute atomic E-state index is 14.4. The number of nitrogens with zero attached hydrogens (tertiary/aromatic N) is 1. The fourth-order valence-electron chi connectivity index (χ4n) is 3.72. The summed E-state index contributed by atoms with van der Waals surface area (Å²) in [6, 6.07) is 6.14. The van der Waals surface area contributed by atoms with Gasteiger partial charge in [0, 0.05) is 18.2 Å². The summed E-state index contributed by atoms with van der Waals surface area (Å²) in [5.74, 6) is -1.54. The molecule has 3 aromatic rings. The van der Waals surface area contributed by atoms with E-state index in [1.165, 1.54) is 28.6 Å². The van der Waals surface area contributed by atoms with E-state index in [-0.39, 0.29) is 27.9 Å². The van der Waals surface area contributed by atoms with Crippen molar-refractivity contribution in [2.45, 2.75) is 30.2 Å². The zero-order chi connectivity index (χ0) is 20.8. The zero-order valence-corrected chi connectivity index (χ0v) is 15.9. The molecule has 29 heavy (non-hydrogen) atoms. The van der Waals surface area contributed by atoms with Crippen molar-refractivity contribution in [3.05, 3.63) is 74.4 Å². The molecule has 0 amide bonds. The van der Waals surface area contributed by atoms with E-state index in [9.17, 15) is 26.8 Å². The van der Waals surface area contributed by atoms with Crippen LogP contribution in [0, 0.1) is 11.6 Å². The molecule has 2 heterocycles. The van der Waals surface area contributed by atoms with Gasteiger partial charge >= 0.3 is 5.69 Å². The van der Waals surface area contributed by atoms with E-state index in [0.29, 0.717) is 19.3 Å². The van der Waals surface area contributed by atoms with Gasteiger partial charge in [-0.3, -0.25) is 9.78 Å². The molecule has 0 radical (unpaired) electrons. The molecule has 4 rings (SSSR count). The van der Waals surface area contributed by atoms with E-state index in [2.05, 4.69) is 9.97 Å². The lowest BCUT2D eigenvalue weighted by molar-refractivity contribution is 0.250. The Bertz CT molecular complexity index is 1320. The van der Waals surface area contributed by atoms with Crippen molar-refractivity contribution in [1.29, 1.82) is 0 Å². The molecule has 1 atom stereocenters. The number of aromatic amines is 2. The molecule has 152 valence electrons. The second-order valence-electron chi connectivity index (χ2n) is 6.91. The second-order valence-corrected chi connectivity index (χ2v) is 8.80. The molecular formula is C19H17F2N3O4S. The predicted molar refractivity (Wildman–Crippen MR) is 102 cm³/mol. The minimum absolute atomic E-state index is 0.0206. The molecule has 2 aromatic carbocycles. The van der Waals surface area contributed by atoms with Gasteiger partial charge in [0.1, 0.15) is 11.6 Å². The van der Waals surface area contributed by atoms with Crippen LogP contribution in [0.2, 0.25) is 0 Å². The molecule has 1 aliphatic heterocycles. The van der Waals surface area contributed by atoms with Gasteiger partial charge in [-0.15, -0.1) is 0 Å². The fourth-order valence-corrected chi connectivity index (χ4v) is 5.42. The third kappa shape index (κ3) is 3.49. The third-order valence-corrected chi connectivity index (χ3v) is 7.00. The average Bonchev–Trinajstić information content (AvgIpc) is 2.67. The van der Waals surface area contributed by atoms with Crippen molar-refractivity contribution in [3.8, 4) is 0 Å².